The molecule has 406 valence electrons. The molecular weight excluding hydrogens is 877 g/mol. The molecule has 0 heterocycles. The Labute approximate surface area is 438 Å². The maximum Gasteiger partial charge on any atom is 0.306 e. The fourth-order valence-electron chi connectivity index (χ4n) is 8.08. The van der Waals surface area contributed by atoms with E-state index >= 15 is 0 Å². The Morgan fingerprint density at radius 1 is 0.282 bits per heavy atom. The van der Waals surface area contributed by atoms with Crippen LogP contribution in [0, 0.1) is 0 Å². The highest BCUT2D eigenvalue weighted by Crippen LogP contribution is 2.16. The van der Waals surface area contributed by atoms with Crippen LogP contribution in [0.5, 0.6) is 0 Å². The summed E-state index contributed by atoms with van der Waals surface area (Å²) in [7, 11) is 0. The molecule has 0 aromatic heterocycles. The lowest BCUT2D eigenvalue weighted by molar-refractivity contribution is -0.166. The third-order valence-corrected chi connectivity index (χ3v) is 12.6. The number of rotatable bonds is 53. The summed E-state index contributed by atoms with van der Waals surface area (Å²) < 4.78 is 16.8. The summed E-state index contributed by atoms with van der Waals surface area (Å²) in [6, 6.07) is 0. The SMILES string of the molecule is CCCCC/C=C\C/C=C\C/C=C\C/C=C\C/C=C\CCC(=O)OC[C@H](COC(=O)CCCC/C=C\C/C=C\C/C=C\CCCCC)OC(=O)CCCCCCCCCCCCCCCCCCCCC. The van der Waals surface area contributed by atoms with Gasteiger partial charge >= 0.3 is 17.9 Å². The fourth-order valence-corrected chi connectivity index (χ4v) is 8.08. The van der Waals surface area contributed by atoms with Crippen LogP contribution < -0.4 is 0 Å². The van der Waals surface area contributed by atoms with Crippen LogP contribution in [0.25, 0.3) is 0 Å². The number of carbonyl (C=O) groups excluding carboxylic acids is 3. The van der Waals surface area contributed by atoms with Crippen molar-refractivity contribution in [2.24, 2.45) is 0 Å². The maximum atomic E-state index is 12.9. The zero-order valence-electron chi connectivity index (χ0n) is 46.5. The molecular formula is C65H110O6. The predicted octanol–water partition coefficient (Wildman–Crippen LogP) is 20.1. The summed E-state index contributed by atoms with van der Waals surface area (Å²) >= 11 is 0. The minimum atomic E-state index is -0.823. The van der Waals surface area contributed by atoms with Gasteiger partial charge in [0, 0.05) is 19.3 Å². The third kappa shape index (κ3) is 57.1. The number of allylic oxidation sites excluding steroid dienone is 16. The van der Waals surface area contributed by atoms with Crippen molar-refractivity contribution in [2.45, 2.75) is 284 Å². The minimum absolute atomic E-state index is 0.119. The Kier molecular flexibility index (Phi) is 55.9. The van der Waals surface area contributed by atoms with Crippen molar-refractivity contribution in [3.63, 3.8) is 0 Å². The summed E-state index contributed by atoms with van der Waals surface area (Å²) in [4.78, 5) is 38.2. The van der Waals surface area contributed by atoms with Crippen molar-refractivity contribution in [2.75, 3.05) is 13.2 Å². The van der Waals surface area contributed by atoms with E-state index in [1.54, 1.807) is 0 Å². The van der Waals surface area contributed by atoms with Crippen molar-refractivity contribution >= 4 is 17.9 Å². The molecule has 0 aromatic carbocycles. The first kappa shape index (κ1) is 67.3. The molecule has 71 heavy (non-hydrogen) atoms. The third-order valence-electron chi connectivity index (χ3n) is 12.6. The topological polar surface area (TPSA) is 78.9 Å². The lowest BCUT2D eigenvalue weighted by atomic mass is 10.0. The lowest BCUT2D eigenvalue weighted by Gasteiger charge is -2.18. The maximum absolute atomic E-state index is 12.9. The first-order valence-electron chi connectivity index (χ1n) is 29.7. The molecule has 0 fully saturated rings. The molecule has 0 radical (unpaired) electrons. The number of hydrogen-bond acceptors (Lipinski definition) is 6. The van der Waals surface area contributed by atoms with Gasteiger partial charge in [0.15, 0.2) is 6.10 Å². The first-order chi connectivity index (χ1) is 35.0. The van der Waals surface area contributed by atoms with Gasteiger partial charge in [-0.3, -0.25) is 14.4 Å². The molecule has 0 bridgehead atoms. The van der Waals surface area contributed by atoms with Crippen LogP contribution in [0.3, 0.4) is 0 Å². The number of carbonyl (C=O) groups is 3. The second kappa shape index (κ2) is 58.9. The summed E-state index contributed by atoms with van der Waals surface area (Å²) in [5.74, 6) is -1.03. The standard InChI is InChI=1S/C65H110O6/c1-4-7-10-13-16-19-22-25-28-30-32-34-37-40-43-46-49-52-55-58-64(67)70-61-62(60-69-63(66)57-54-51-48-45-42-39-36-27-24-21-18-15-12-9-6-3)71-65(68)59-56-53-50-47-44-41-38-35-33-31-29-26-23-20-17-14-11-8-5-2/h16,18-19,21,25,27-28,32,34,36,40,42-43,45,49,52,62H,4-15,17,20,22-24,26,29-31,33,35,37-39,41,44,46-48,50-51,53-61H2,1-3H3/b19-16-,21-18-,28-25-,34-32-,36-27-,43-40-,45-42-,52-49-/t62-/m0/s1. The van der Waals surface area contributed by atoms with Crippen LogP contribution in [0.15, 0.2) is 97.2 Å². The Hall–Kier alpha value is -3.67. The largest absolute Gasteiger partial charge is 0.462 e. The molecule has 6 heteroatoms. The normalized spacial score (nSPS) is 12.8. The van der Waals surface area contributed by atoms with Gasteiger partial charge in [-0.1, -0.05) is 259 Å². The summed E-state index contributed by atoms with van der Waals surface area (Å²) in [5, 5.41) is 0. The monoisotopic (exact) mass is 987 g/mol. The summed E-state index contributed by atoms with van der Waals surface area (Å²) in [5.41, 5.74) is 0. The van der Waals surface area contributed by atoms with E-state index in [1.165, 1.54) is 154 Å². The molecule has 0 aliphatic rings. The molecule has 0 aromatic rings. The van der Waals surface area contributed by atoms with E-state index in [0.717, 1.165) is 77.0 Å². The van der Waals surface area contributed by atoms with Gasteiger partial charge < -0.3 is 14.2 Å². The second-order valence-electron chi connectivity index (χ2n) is 19.6. The Bertz CT molecular complexity index is 1410. The predicted molar refractivity (Wildman–Crippen MR) is 307 cm³/mol. The quantitative estimate of drug-likeness (QED) is 0.0261. The highest BCUT2D eigenvalue weighted by molar-refractivity contribution is 5.71. The van der Waals surface area contributed by atoms with Gasteiger partial charge in [0.2, 0.25) is 0 Å². The zero-order chi connectivity index (χ0) is 51.4. The number of ether oxygens (including phenoxy) is 3. The molecule has 1 atom stereocenters. The molecule has 0 spiro atoms. The van der Waals surface area contributed by atoms with E-state index in [1.807, 2.05) is 6.08 Å². The van der Waals surface area contributed by atoms with Crippen LogP contribution >= 0.6 is 0 Å². The van der Waals surface area contributed by atoms with Gasteiger partial charge in [-0.25, -0.2) is 0 Å². The molecule has 0 amide bonds. The highest BCUT2D eigenvalue weighted by atomic mass is 16.6. The molecule has 6 nitrogen and oxygen atoms in total. The molecule has 0 saturated carbocycles. The van der Waals surface area contributed by atoms with Crippen LogP contribution in [-0.4, -0.2) is 37.2 Å². The van der Waals surface area contributed by atoms with E-state index in [9.17, 15) is 14.4 Å². The Morgan fingerprint density at radius 2 is 0.535 bits per heavy atom. The van der Waals surface area contributed by atoms with Crippen molar-refractivity contribution in [3.8, 4) is 0 Å². The first-order valence-corrected chi connectivity index (χ1v) is 29.7. The van der Waals surface area contributed by atoms with Crippen LogP contribution in [0.4, 0.5) is 0 Å². The van der Waals surface area contributed by atoms with Crippen LogP contribution in [-0.2, 0) is 28.6 Å². The molecule has 0 saturated heterocycles. The van der Waals surface area contributed by atoms with E-state index in [-0.39, 0.29) is 37.5 Å². The van der Waals surface area contributed by atoms with Gasteiger partial charge in [0.25, 0.3) is 0 Å². The summed E-state index contributed by atoms with van der Waals surface area (Å²) in [6.07, 6.45) is 78.4. The minimum Gasteiger partial charge on any atom is -0.462 e. The van der Waals surface area contributed by atoms with Gasteiger partial charge in [0.05, 0.1) is 0 Å². The molecule has 0 rings (SSSR count). The molecule has 0 N–H and O–H groups in total. The summed E-state index contributed by atoms with van der Waals surface area (Å²) in [6.45, 7) is 6.51. The van der Waals surface area contributed by atoms with E-state index in [4.69, 9.17) is 14.2 Å². The molecule has 0 aliphatic heterocycles. The van der Waals surface area contributed by atoms with Crippen molar-refractivity contribution in [1.29, 1.82) is 0 Å². The van der Waals surface area contributed by atoms with E-state index < -0.39 is 6.10 Å². The van der Waals surface area contributed by atoms with Gasteiger partial charge in [-0.05, 0) is 96.3 Å². The smallest absolute Gasteiger partial charge is 0.306 e. The molecule has 0 aliphatic carbocycles. The van der Waals surface area contributed by atoms with Crippen LogP contribution in [0.1, 0.15) is 278 Å². The second-order valence-corrected chi connectivity index (χ2v) is 19.6. The van der Waals surface area contributed by atoms with Crippen molar-refractivity contribution in [1.82, 2.24) is 0 Å². The zero-order valence-corrected chi connectivity index (χ0v) is 46.5. The van der Waals surface area contributed by atoms with Crippen molar-refractivity contribution < 1.29 is 28.6 Å². The van der Waals surface area contributed by atoms with E-state index in [0.29, 0.717) is 19.3 Å². The number of esters is 3. The Morgan fingerprint density at radius 3 is 0.901 bits per heavy atom. The van der Waals surface area contributed by atoms with Gasteiger partial charge in [-0.15, -0.1) is 0 Å². The van der Waals surface area contributed by atoms with Crippen molar-refractivity contribution in [3.05, 3.63) is 97.2 Å². The molecule has 0 unspecified atom stereocenters. The average Bonchev–Trinajstić information content (AvgIpc) is 3.37. The van der Waals surface area contributed by atoms with Gasteiger partial charge in [-0.2, -0.15) is 0 Å². The average molecular weight is 988 g/mol. The number of unbranched alkanes of at least 4 members (excludes halogenated alkanes) is 26. The Balaban J connectivity index is 4.52. The fraction of sp³-hybridized carbons (Fsp3) is 0.708. The lowest BCUT2D eigenvalue weighted by Crippen LogP contribution is -2.30. The highest BCUT2D eigenvalue weighted by Gasteiger charge is 2.19. The number of hydrogen-bond donors (Lipinski definition) is 0. The van der Waals surface area contributed by atoms with Crippen LogP contribution in [0.2, 0.25) is 0 Å². The van der Waals surface area contributed by atoms with E-state index in [2.05, 4.69) is 112 Å². The van der Waals surface area contributed by atoms with Gasteiger partial charge in [0.1, 0.15) is 13.2 Å².